The van der Waals surface area contributed by atoms with Crippen molar-refractivity contribution in [2.45, 2.75) is 53.3 Å². The van der Waals surface area contributed by atoms with Crippen molar-refractivity contribution < 1.29 is 14.6 Å². The predicted molar refractivity (Wildman–Crippen MR) is 145 cm³/mol. The molecule has 0 aliphatic carbocycles. The molecule has 0 unspecified atom stereocenters. The van der Waals surface area contributed by atoms with Gasteiger partial charge in [0.25, 0.3) is 0 Å². The molecule has 1 aromatic carbocycles. The van der Waals surface area contributed by atoms with Crippen molar-refractivity contribution >= 4 is 34.7 Å². The van der Waals surface area contributed by atoms with Crippen LogP contribution in [-0.2, 0) is 6.54 Å². The number of hydrogen-bond acceptors (Lipinski definition) is 8. The number of aliphatic hydroxyl groups excluding tert-OH is 2. The Morgan fingerprint density at radius 2 is 1.92 bits per heavy atom. The maximum atomic E-state index is 14.3. The van der Waals surface area contributed by atoms with E-state index in [1.165, 1.54) is 6.07 Å². The minimum Gasteiger partial charge on any atom is -0.396 e. The van der Waals surface area contributed by atoms with Crippen LogP contribution in [0.5, 0.6) is 0 Å². The summed E-state index contributed by atoms with van der Waals surface area (Å²) in [6.07, 6.45) is 3.46. The molecule has 2 heterocycles. The number of aromatic nitrogens is 3. The van der Waals surface area contributed by atoms with Crippen molar-refractivity contribution in [3.8, 4) is 0 Å². The highest BCUT2D eigenvalue weighted by Crippen LogP contribution is 2.24. The summed E-state index contributed by atoms with van der Waals surface area (Å²) in [6.45, 7) is 7.70. The van der Waals surface area contributed by atoms with Gasteiger partial charge in [-0.3, -0.25) is 4.98 Å². The Hall–Kier alpha value is -3.21. The lowest BCUT2D eigenvalue weighted by molar-refractivity contribution is 0.132. The molecular formula is C26H33FN6O2S. The molecule has 10 heteroatoms. The maximum absolute atomic E-state index is 14.3. The third-order valence-electron chi connectivity index (χ3n) is 6.08. The first-order valence-corrected chi connectivity index (χ1v) is 12.3. The number of thiocarbonyl (C=S) groups is 1. The Bertz CT molecular complexity index is 1180. The number of aliphatic hydroxyl groups is 2. The number of anilines is 3. The highest BCUT2D eigenvalue weighted by atomic mass is 32.1. The molecule has 36 heavy (non-hydrogen) atoms. The number of nitrogens with one attached hydrogen (secondary N) is 3. The summed E-state index contributed by atoms with van der Waals surface area (Å²) in [7, 11) is 0. The highest BCUT2D eigenvalue weighted by molar-refractivity contribution is 7.81. The monoisotopic (exact) mass is 512 g/mol. The average molecular weight is 513 g/mol. The molecule has 0 amide bonds. The van der Waals surface area contributed by atoms with Gasteiger partial charge < -0.3 is 26.2 Å². The molecule has 0 spiro atoms. The van der Waals surface area contributed by atoms with E-state index in [-0.39, 0.29) is 30.8 Å². The van der Waals surface area contributed by atoms with E-state index in [9.17, 15) is 14.6 Å². The van der Waals surface area contributed by atoms with Gasteiger partial charge in [0.2, 0.25) is 5.95 Å². The number of hydrogen-bond donors (Lipinski definition) is 5. The first-order valence-electron chi connectivity index (χ1n) is 11.9. The van der Waals surface area contributed by atoms with Gasteiger partial charge in [-0.25, -0.2) is 9.37 Å². The van der Waals surface area contributed by atoms with Crippen LogP contribution in [0.25, 0.3) is 0 Å². The number of rotatable bonds is 11. The topological polar surface area (TPSA) is 115 Å². The number of pyridine rings is 1. The van der Waals surface area contributed by atoms with E-state index in [1.807, 2.05) is 32.9 Å². The van der Waals surface area contributed by atoms with Crippen LogP contribution in [0.4, 0.5) is 21.8 Å². The lowest BCUT2D eigenvalue weighted by Crippen LogP contribution is -2.27. The molecule has 0 aliphatic heterocycles. The Labute approximate surface area is 216 Å². The van der Waals surface area contributed by atoms with Crippen LogP contribution >= 0.6 is 12.2 Å². The molecule has 0 fully saturated rings. The number of benzene rings is 1. The van der Waals surface area contributed by atoms with Gasteiger partial charge in [-0.2, -0.15) is 4.98 Å². The third-order valence-corrected chi connectivity index (χ3v) is 6.38. The Balaban J connectivity index is 1.92. The van der Waals surface area contributed by atoms with E-state index in [0.29, 0.717) is 34.0 Å². The lowest BCUT2D eigenvalue weighted by atomic mass is 10.0. The molecule has 5 N–H and O–H groups in total. The average Bonchev–Trinajstić information content (AvgIpc) is 2.83. The Kier molecular flexibility index (Phi) is 9.63. The van der Waals surface area contributed by atoms with E-state index >= 15 is 0 Å². The van der Waals surface area contributed by atoms with Gasteiger partial charge in [0, 0.05) is 24.9 Å². The van der Waals surface area contributed by atoms with Crippen LogP contribution in [0.15, 0.2) is 36.7 Å². The summed E-state index contributed by atoms with van der Waals surface area (Å²) < 4.78 is 14.3. The first-order chi connectivity index (χ1) is 17.2. The predicted octanol–water partition coefficient (Wildman–Crippen LogP) is 4.47. The van der Waals surface area contributed by atoms with Crippen molar-refractivity contribution in [3.63, 3.8) is 0 Å². The van der Waals surface area contributed by atoms with Crippen molar-refractivity contribution in [2.75, 3.05) is 22.6 Å². The molecule has 0 saturated heterocycles. The SMILES string of the molecule is CC[C@H](CO)C[C@@H](O)Nc1nc(NCc2c(C)cccc2F)nc(C)c1C(=S)Nc1cnccc1C. The maximum Gasteiger partial charge on any atom is 0.225 e. The van der Waals surface area contributed by atoms with Gasteiger partial charge >= 0.3 is 0 Å². The zero-order chi connectivity index (χ0) is 26.2. The van der Waals surface area contributed by atoms with E-state index in [2.05, 4.69) is 30.9 Å². The second kappa shape index (κ2) is 12.7. The van der Waals surface area contributed by atoms with Crippen LogP contribution in [0.1, 0.15) is 47.7 Å². The molecule has 2 aromatic heterocycles. The zero-order valence-corrected chi connectivity index (χ0v) is 21.8. The number of aryl methyl sites for hydroxylation is 3. The summed E-state index contributed by atoms with van der Waals surface area (Å²) >= 11 is 5.69. The minimum absolute atomic E-state index is 0.0278. The Morgan fingerprint density at radius 1 is 1.14 bits per heavy atom. The molecule has 3 aromatic rings. The summed E-state index contributed by atoms with van der Waals surface area (Å²) in [5, 5.41) is 29.6. The lowest BCUT2D eigenvalue weighted by Gasteiger charge is -2.22. The molecule has 2 atom stereocenters. The molecule has 0 bridgehead atoms. The summed E-state index contributed by atoms with van der Waals surface area (Å²) in [5.41, 5.74) is 4.15. The third kappa shape index (κ3) is 6.93. The molecule has 0 aliphatic rings. The van der Waals surface area contributed by atoms with Gasteiger partial charge in [0.15, 0.2) is 0 Å². The van der Waals surface area contributed by atoms with E-state index < -0.39 is 6.23 Å². The summed E-state index contributed by atoms with van der Waals surface area (Å²) in [4.78, 5) is 13.6. The molecular weight excluding hydrogens is 479 g/mol. The van der Waals surface area contributed by atoms with Gasteiger partial charge in [-0.15, -0.1) is 0 Å². The number of halogens is 1. The zero-order valence-electron chi connectivity index (χ0n) is 21.0. The first kappa shape index (κ1) is 27.4. The van der Waals surface area contributed by atoms with Crippen LogP contribution in [0, 0.1) is 32.5 Å². The highest BCUT2D eigenvalue weighted by Gasteiger charge is 2.21. The van der Waals surface area contributed by atoms with Gasteiger partial charge in [-0.1, -0.05) is 37.7 Å². The molecule has 0 saturated carbocycles. The second-order valence-corrected chi connectivity index (χ2v) is 9.15. The standard InChI is InChI=1S/C26H33FN6O2S/c1-5-18(14-34)11-22(35)32-24-23(25(36)31-21-13-28-10-9-16(21)3)17(4)30-26(33-24)29-12-19-15(2)7-6-8-20(19)27/h6-10,13,18,22,34-35H,5,11-12,14H2,1-4H3,(H,31,36)(H2,29,30,32,33)/t18-,22+/m0/s1. The fourth-order valence-electron chi connectivity index (χ4n) is 3.77. The van der Waals surface area contributed by atoms with Crippen LogP contribution in [-0.4, -0.2) is 43.0 Å². The fraction of sp³-hybridized carbons (Fsp3) is 0.385. The van der Waals surface area contributed by atoms with E-state index in [4.69, 9.17) is 12.2 Å². The van der Waals surface area contributed by atoms with Crippen LogP contribution in [0.2, 0.25) is 0 Å². The number of nitrogens with zero attached hydrogens (tertiary/aromatic N) is 3. The molecule has 3 rings (SSSR count). The fourth-order valence-corrected chi connectivity index (χ4v) is 4.12. The van der Waals surface area contributed by atoms with Crippen molar-refractivity contribution in [1.29, 1.82) is 0 Å². The normalized spacial score (nSPS) is 12.6. The van der Waals surface area contributed by atoms with Crippen molar-refractivity contribution in [1.82, 2.24) is 15.0 Å². The second-order valence-electron chi connectivity index (χ2n) is 8.74. The summed E-state index contributed by atoms with van der Waals surface area (Å²) in [6, 6.07) is 6.79. The van der Waals surface area contributed by atoms with Crippen LogP contribution < -0.4 is 16.0 Å². The smallest absolute Gasteiger partial charge is 0.225 e. The Morgan fingerprint density at radius 3 is 2.58 bits per heavy atom. The molecule has 8 nitrogen and oxygen atoms in total. The van der Waals surface area contributed by atoms with Crippen molar-refractivity contribution in [2.24, 2.45) is 5.92 Å². The largest absolute Gasteiger partial charge is 0.396 e. The van der Waals surface area contributed by atoms with Gasteiger partial charge in [0.05, 0.1) is 23.1 Å². The minimum atomic E-state index is -0.972. The van der Waals surface area contributed by atoms with Crippen LogP contribution in [0.3, 0.4) is 0 Å². The van der Waals surface area contributed by atoms with E-state index in [1.54, 1.807) is 25.4 Å². The van der Waals surface area contributed by atoms with Crippen molar-refractivity contribution in [3.05, 3.63) is 70.4 Å². The summed E-state index contributed by atoms with van der Waals surface area (Å²) in [5.74, 6) is 0.220. The van der Waals surface area contributed by atoms with E-state index in [0.717, 1.165) is 23.2 Å². The van der Waals surface area contributed by atoms with Gasteiger partial charge in [-0.05, 0) is 56.4 Å². The van der Waals surface area contributed by atoms with Gasteiger partial charge in [0.1, 0.15) is 22.9 Å². The quantitative estimate of drug-likeness (QED) is 0.187. The molecule has 0 radical (unpaired) electrons. The molecule has 192 valence electrons.